The van der Waals surface area contributed by atoms with Gasteiger partial charge in [0.25, 0.3) is 0 Å². The van der Waals surface area contributed by atoms with Gasteiger partial charge in [0, 0.05) is 25.2 Å². The topological polar surface area (TPSA) is 36.0 Å². The fraction of sp³-hybridized carbons (Fsp3) is 0.567. The lowest BCUT2D eigenvalue weighted by molar-refractivity contribution is 0.00699. The molecule has 1 spiro atoms. The summed E-state index contributed by atoms with van der Waals surface area (Å²) in [5.41, 5.74) is 2.59. The third-order valence-electron chi connectivity index (χ3n) is 9.28. The minimum absolute atomic E-state index is 0.0496. The molecule has 35 heavy (non-hydrogen) atoms. The number of amides is 2. The zero-order chi connectivity index (χ0) is 24.5. The molecular weight excluding hydrogens is 434 g/mol. The van der Waals surface area contributed by atoms with E-state index in [9.17, 15) is 4.79 Å². The predicted molar refractivity (Wildman–Crippen MR) is 140 cm³/mol. The van der Waals surface area contributed by atoms with E-state index in [4.69, 9.17) is 4.74 Å². The minimum Gasteiger partial charge on any atom is -0.497 e. The number of carbonyl (C=O) groups excluding carboxylic acids is 1. The molecule has 3 aliphatic rings. The number of benzene rings is 2. The third-order valence-corrected chi connectivity index (χ3v) is 9.28. The number of urea groups is 1. The van der Waals surface area contributed by atoms with Crippen molar-refractivity contribution in [3.05, 3.63) is 65.7 Å². The fourth-order valence-corrected chi connectivity index (χ4v) is 6.66. The smallest absolute Gasteiger partial charge is 0.320 e. The highest BCUT2D eigenvalue weighted by Crippen LogP contribution is 2.50. The van der Waals surface area contributed by atoms with Gasteiger partial charge in [-0.15, -0.1) is 0 Å². The Morgan fingerprint density at radius 1 is 1.00 bits per heavy atom. The molecule has 0 atom stereocenters. The van der Waals surface area contributed by atoms with Crippen molar-refractivity contribution in [1.82, 2.24) is 14.7 Å². The Labute approximate surface area is 211 Å². The van der Waals surface area contributed by atoms with Gasteiger partial charge in [0.15, 0.2) is 0 Å². The number of carbonyl (C=O) groups is 1. The van der Waals surface area contributed by atoms with E-state index in [1.54, 1.807) is 7.11 Å². The van der Waals surface area contributed by atoms with Crippen LogP contribution >= 0.6 is 0 Å². The lowest BCUT2D eigenvalue weighted by atomic mass is 9.68. The maximum absolute atomic E-state index is 13.8. The van der Waals surface area contributed by atoms with Gasteiger partial charge in [-0.2, -0.15) is 0 Å². The highest BCUT2D eigenvalue weighted by molar-refractivity contribution is 5.78. The molecule has 0 N–H and O–H groups in total. The average molecular weight is 476 g/mol. The van der Waals surface area contributed by atoms with Crippen LogP contribution in [0.4, 0.5) is 4.79 Å². The first-order valence-corrected chi connectivity index (χ1v) is 13.5. The second-order valence-electron chi connectivity index (χ2n) is 11.0. The molecule has 0 bridgehead atoms. The molecule has 2 aliphatic carbocycles. The van der Waals surface area contributed by atoms with Crippen molar-refractivity contribution >= 4 is 6.03 Å². The standard InChI is InChI=1S/C30H41N3O2/c1-4-31(2)30(26-11-6-5-7-12-26)19-17-29(18-20-30)23-32(21-25-13-15-27(35-3)16-14-25)28(34)33(29)22-24-9-8-10-24/h5-7,11-16,24H,4,8-10,17-23H2,1-3H3. The number of hydrogen-bond donors (Lipinski definition) is 0. The Hall–Kier alpha value is -2.53. The molecule has 3 fully saturated rings. The Kier molecular flexibility index (Phi) is 6.80. The molecule has 0 radical (unpaired) electrons. The van der Waals surface area contributed by atoms with Gasteiger partial charge in [-0.1, -0.05) is 55.8 Å². The van der Waals surface area contributed by atoms with Crippen LogP contribution in [0.3, 0.4) is 0 Å². The molecule has 1 aliphatic heterocycles. The maximum atomic E-state index is 13.8. The van der Waals surface area contributed by atoms with Crippen molar-refractivity contribution in [2.45, 2.75) is 69.5 Å². The number of nitrogens with zero attached hydrogens (tertiary/aromatic N) is 3. The largest absolute Gasteiger partial charge is 0.497 e. The summed E-state index contributed by atoms with van der Waals surface area (Å²) in [7, 11) is 3.96. The van der Waals surface area contributed by atoms with E-state index < -0.39 is 0 Å². The lowest BCUT2D eigenvalue weighted by Crippen LogP contribution is -2.57. The Morgan fingerprint density at radius 3 is 2.26 bits per heavy atom. The Morgan fingerprint density at radius 2 is 1.69 bits per heavy atom. The van der Waals surface area contributed by atoms with Crippen LogP contribution in [-0.4, -0.2) is 60.1 Å². The van der Waals surface area contributed by atoms with Crippen LogP contribution in [0.1, 0.15) is 63.0 Å². The van der Waals surface area contributed by atoms with E-state index >= 15 is 0 Å². The van der Waals surface area contributed by atoms with Crippen molar-refractivity contribution in [2.24, 2.45) is 5.92 Å². The molecule has 2 amide bonds. The van der Waals surface area contributed by atoms with Crippen LogP contribution in [0.25, 0.3) is 0 Å². The first-order chi connectivity index (χ1) is 17.0. The molecule has 5 rings (SSSR count). The van der Waals surface area contributed by atoms with Gasteiger partial charge in [0.05, 0.1) is 12.6 Å². The SMILES string of the molecule is CCN(C)C1(c2ccccc2)CCC2(CC1)CN(Cc1ccc(OC)cc1)C(=O)N2CC1CCC1. The summed E-state index contributed by atoms with van der Waals surface area (Å²) >= 11 is 0. The second kappa shape index (κ2) is 9.85. The minimum atomic E-state index is -0.0496. The average Bonchev–Trinajstić information content (AvgIpc) is 3.12. The van der Waals surface area contributed by atoms with Gasteiger partial charge in [0.2, 0.25) is 0 Å². The van der Waals surface area contributed by atoms with Crippen LogP contribution in [0.5, 0.6) is 5.75 Å². The summed E-state index contributed by atoms with van der Waals surface area (Å²) in [4.78, 5) is 20.8. The van der Waals surface area contributed by atoms with Crippen molar-refractivity contribution < 1.29 is 9.53 Å². The number of hydrogen-bond acceptors (Lipinski definition) is 3. The number of ether oxygens (including phenoxy) is 1. The highest BCUT2D eigenvalue weighted by Gasteiger charge is 2.55. The van der Waals surface area contributed by atoms with Gasteiger partial charge in [-0.05, 0) is 81.3 Å². The van der Waals surface area contributed by atoms with Gasteiger partial charge >= 0.3 is 6.03 Å². The zero-order valence-electron chi connectivity index (χ0n) is 21.7. The summed E-state index contributed by atoms with van der Waals surface area (Å²) in [6.07, 6.45) is 8.15. The van der Waals surface area contributed by atoms with Gasteiger partial charge in [0.1, 0.15) is 5.75 Å². The molecular formula is C30H41N3O2. The molecule has 2 aromatic carbocycles. The molecule has 0 aromatic heterocycles. The summed E-state index contributed by atoms with van der Waals surface area (Å²) in [5.74, 6) is 1.53. The molecule has 1 heterocycles. The summed E-state index contributed by atoms with van der Waals surface area (Å²) < 4.78 is 5.32. The molecule has 0 unspecified atom stereocenters. The van der Waals surface area contributed by atoms with Gasteiger partial charge in [-0.25, -0.2) is 4.79 Å². The molecule has 5 heteroatoms. The second-order valence-corrected chi connectivity index (χ2v) is 11.0. The van der Waals surface area contributed by atoms with E-state index in [2.05, 4.69) is 71.1 Å². The van der Waals surface area contributed by atoms with Crippen LogP contribution < -0.4 is 4.74 Å². The lowest BCUT2D eigenvalue weighted by Gasteiger charge is -2.52. The summed E-state index contributed by atoms with van der Waals surface area (Å²) in [5, 5.41) is 0. The first-order valence-electron chi connectivity index (χ1n) is 13.5. The first kappa shape index (κ1) is 24.2. The normalized spacial score (nSPS) is 27.0. The highest BCUT2D eigenvalue weighted by atomic mass is 16.5. The molecule has 2 saturated carbocycles. The van der Waals surface area contributed by atoms with E-state index in [1.165, 1.54) is 30.4 Å². The molecule has 188 valence electrons. The van der Waals surface area contributed by atoms with E-state index in [0.29, 0.717) is 12.5 Å². The van der Waals surface area contributed by atoms with Gasteiger partial charge < -0.3 is 14.5 Å². The van der Waals surface area contributed by atoms with Crippen LogP contribution in [-0.2, 0) is 12.1 Å². The van der Waals surface area contributed by atoms with Gasteiger partial charge in [-0.3, -0.25) is 4.90 Å². The van der Waals surface area contributed by atoms with Crippen molar-refractivity contribution in [2.75, 3.05) is 33.8 Å². The van der Waals surface area contributed by atoms with Crippen molar-refractivity contribution in [3.8, 4) is 5.75 Å². The van der Waals surface area contributed by atoms with Crippen LogP contribution in [0.2, 0.25) is 0 Å². The van der Waals surface area contributed by atoms with Crippen LogP contribution in [0, 0.1) is 5.92 Å². The van der Waals surface area contributed by atoms with Crippen molar-refractivity contribution in [1.29, 1.82) is 0 Å². The molecule has 1 saturated heterocycles. The Balaban J connectivity index is 1.39. The molecule has 2 aromatic rings. The van der Waals surface area contributed by atoms with Crippen LogP contribution in [0.15, 0.2) is 54.6 Å². The number of rotatable bonds is 8. The molecule has 5 nitrogen and oxygen atoms in total. The third kappa shape index (κ3) is 4.44. The Bertz CT molecular complexity index is 994. The fourth-order valence-electron chi connectivity index (χ4n) is 6.66. The zero-order valence-corrected chi connectivity index (χ0v) is 21.7. The maximum Gasteiger partial charge on any atom is 0.320 e. The predicted octanol–water partition coefficient (Wildman–Crippen LogP) is 5.89. The van der Waals surface area contributed by atoms with E-state index in [-0.39, 0.29) is 17.1 Å². The van der Waals surface area contributed by atoms with E-state index in [0.717, 1.165) is 51.1 Å². The summed E-state index contributed by atoms with van der Waals surface area (Å²) in [6, 6.07) is 19.4. The quantitative estimate of drug-likeness (QED) is 0.477. The summed E-state index contributed by atoms with van der Waals surface area (Å²) in [6.45, 7) is 5.72. The van der Waals surface area contributed by atoms with Crippen molar-refractivity contribution in [3.63, 3.8) is 0 Å². The monoisotopic (exact) mass is 475 g/mol. The van der Waals surface area contributed by atoms with E-state index in [1.807, 2.05) is 12.1 Å². The number of methoxy groups -OCH3 is 1.